The van der Waals surface area contributed by atoms with Crippen molar-refractivity contribution in [1.29, 1.82) is 0 Å². The summed E-state index contributed by atoms with van der Waals surface area (Å²) in [6.07, 6.45) is 0. The zero-order valence-electron chi connectivity index (χ0n) is 11.4. The molecule has 0 saturated heterocycles. The van der Waals surface area contributed by atoms with Crippen LogP contribution in [0, 0.1) is 20.8 Å². The third-order valence-corrected chi connectivity index (χ3v) is 5.86. The molecule has 98 valence electrons. The van der Waals surface area contributed by atoms with E-state index in [0.717, 1.165) is 0 Å². The number of rotatable bonds is 2. The first-order valence-corrected chi connectivity index (χ1v) is 8.06. The molecule has 3 aromatic rings. The summed E-state index contributed by atoms with van der Waals surface area (Å²) in [5, 5.41) is 2.14. The maximum Gasteiger partial charge on any atom is 0.0649 e. The minimum absolute atomic E-state index is 0.0103. The maximum absolute atomic E-state index is 6.47. The molecule has 0 aliphatic carbocycles. The van der Waals surface area contributed by atoms with Crippen LogP contribution >= 0.6 is 22.7 Å². The molecule has 2 aromatic heterocycles. The summed E-state index contributed by atoms with van der Waals surface area (Å²) in [5.41, 5.74) is 11.7. The molecule has 3 rings (SSSR count). The van der Waals surface area contributed by atoms with Crippen LogP contribution in [0.4, 0.5) is 0 Å². The lowest BCUT2D eigenvalue weighted by Crippen LogP contribution is -2.12. The zero-order valence-corrected chi connectivity index (χ0v) is 13.0. The predicted octanol–water partition coefficient (Wildman–Crippen LogP) is 4.94. The minimum atomic E-state index is -0.0103. The van der Waals surface area contributed by atoms with Crippen LogP contribution in [0.5, 0.6) is 0 Å². The summed E-state index contributed by atoms with van der Waals surface area (Å²) in [7, 11) is 0. The quantitative estimate of drug-likeness (QED) is 0.710. The van der Waals surface area contributed by atoms with E-state index in [1.807, 2.05) is 11.3 Å². The first-order chi connectivity index (χ1) is 9.06. The standard InChI is InChI=1S/C16H17NS2/c1-9-6-11(3)12(7-10(9)2)16(17)15-8-14-13(19-15)4-5-18-14/h4-8,16H,17H2,1-3H3. The Hall–Kier alpha value is -1.16. The van der Waals surface area contributed by atoms with Crippen LogP contribution in [0.1, 0.15) is 33.2 Å². The Kier molecular flexibility index (Phi) is 3.21. The number of nitrogens with two attached hydrogens (primary N) is 1. The third-order valence-electron chi connectivity index (χ3n) is 3.68. The summed E-state index contributed by atoms with van der Waals surface area (Å²) in [6, 6.07) is 8.88. The van der Waals surface area contributed by atoms with Gasteiger partial charge in [0.15, 0.2) is 0 Å². The van der Waals surface area contributed by atoms with Crippen LogP contribution < -0.4 is 5.73 Å². The Morgan fingerprint density at radius 2 is 1.68 bits per heavy atom. The normalized spacial score (nSPS) is 13.1. The van der Waals surface area contributed by atoms with Gasteiger partial charge in [-0.05, 0) is 60.5 Å². The van der Waals surface area contributed by atoms with Gasteiger partial charge in [-0.3, -0.25) is 0 Å². The molecule has 0 saturated carbocycles. The number of benzene rings is 1. The highest BCUT2D eigenvalue weighted by molar-refractivity contribution is 7.27. The lowest BCUT2D eigenvalue weighted by Gasteiger charge is -2.15. The lowest BCUT2D eigenvalue weighted by molar-refractivity contribution is 0.879. The smallest absolute Gasteiger partial charge is 0.0649 e. The zero-order chi connectivity index (χ0) is 13.6. The highest BCUT2D eigenvalue weighted by Gasteiger charge is 2.15. The van der Waals surface area contributed by atoms with Crippen molar-refractivity contribution in [2.24, 2.45) is 5.73 Å². The second-order valence-corrected chi connectivity index (χ2v) is 7.13. The van der Waals surface area contributed by atoms with E-state index in [0.29, 0.717) is 0 Å². The second kappa shape index (κ2) is 4.75. The Morgan fingerprint density at radius 1 is 0.947 bits per heavy atom. The average Bonchev–Trinajstić information content (AvgIpc) is 2.93. The van der Waals surface area contributed by atoms with Crippen molar-refractivity contribution in [3.63, 3.8) is 0 Å². The van der Waals surface area contributed by atoms with E-state index in [9.17, 15) is 0 Å². The molecule has 3 heteroatoms. The van der Waals surface area contributed by atoms with Gasteiger partial charge in [0, 0.05) is 14.3 Å². The van der Waals surface area contributed by atoms with Crippen LogP contribution in [0.25, 0.3) is 9.40 Å². The first kappa shape index (κ1) is 12.9. The summed E-state index contributed by atoms with van der Waals surface area (Å²) in [4.78, 5) is 1.26. The van der Waals surface area contributed by atoms with Gasteiger partial charge in [0.25, 0.3) is 0 Å². The van der Waals surface area contributed by atoms with Crippen molar-refractivity contribution in [2.45, 2.75) is 26.8 Å². The van der Waals surface area contributed by atoms with E-state index in [1.54, 1.807) is 11.3 Å². The topological polar surface area (TPSA) is 26.0 Å². The molecule has 2 N–H and O–H groups in total. The molecular formula is C16H17NS2. The molecule has 0 aliphatic heterocycles. The molecule has 1 nitrogen and oxygen atoms in total. The molecule has 1 unspecified atom stereocenters. The Balaban J connectivity index is 2.06. The number of thiophene rings is 2. The summed E-state index contributed by atoms with van der Waals surface area (Å²) in [6.45, 7) is 6.45. The number of fused-ring (bicyclic) bond motifs is 1. The van der Waals surface area contributed by atoms with Gasteiger partial charge in [-0.1, -0.05) is 12.1 Å². The fraction of sp³-hybridized carbons (Fsp3) is 0.250. The van der Waals surface area contributed by atoms with Crippen molar-refractivity contribution in [3.8, 4) is 0 Å². The van der Waals surface area contributed by atoms with Crippen LogP contribution in [-0.4, -0.2) is 0 Å². The van der Waals surface area contributed by atoms with Crippen molar-refractivity contribution < 1.29 is 0 Å². The molecule has 2 heterocycles. The number of hydrogen-bond donors (Lipinski definition) is 1. The van der Waals surface area contributed by atoms with Crippen LogP contribution in [0.15, 0.2) is 29.6 Å². The Morgan fingerprint density at radius 3 is 2.42 bits per heavy atom. The van der Waals surface area contributed by atoms with E-state index < -0.39 is 0 Å². The lowest BCUT2D eigenvalue weighted by atomic mass is 9.95. The molecule has 0 aliphatic rings. The number of aryl methyl sites for hydroxylation is 3. The van der Waals surface area contributed by atoms with Crippen molar-refractivity contribution in [3.05, 3.63) is 56.8 Å². The second-order valence-electron chi connectivity index (χ2n) is 5.07. The van der Waals surface area contributed by atoms with Gasteiger partial charge in [0.1, 0.15) is 0 Å². The molecule has 0 fully saturated rings. The molecule has 0 bridgehead atoms. The average molecular weight is 287 g/mol. The van der Waals surface area contributed by atoms with Gasteiger partial charge < -0.3 is 5.73 Å². The summed E-state index contributed by atoms with van der Waals surface area (Å²) < 4.78 is 2.69. The van der Waals surface area contributed by atoms with Gasteiger partial charge in [0.05, 0.1) is 6.04 Å². The summed E-state index contributed by atoms with van der Waals surface area (Å²) in [5.74, 6) is 0. The highest BCUT2D eigenvalue weighted by Crippen LogP contribution is 2.36. The molecule has 0 amide bonds. The fourth-order valence-electron chi connectivity index (χ4n) is 2.41. The highest BCUT2D eigenvalue weighted by atomic mass is 32.1. The van der Waals surface area contributed by atoms with E-state index in [2.05, 4.69) is 50.4 Å². The van der Waals surface area contributed by atoms with E-state index in [1.165, 1.54) is 36.5 Å². The van der Waals surface area contributed by atoms with Crippen LogP contribution in [-0.2, 0) is 0 Å². The monoisotopic (exact) mass is 287 g/mol. The van der Waals surface area contributed by atoms with Gasteiger partial charge in [-0.25, -0.2) is 0 Å². The van der Waals surface area contributed by atoms with Gasteiger partial charge in [-0.2, -0.15) is 0 Å². The number of hydrogen-bond acceptors (Lipinski definition) is 3. The van der Waals surface area contributed by atoms with Crippen molar-refractivity contribution >= 4 is 32.1 Å². The van der Waals surface area contributed by atoms with Gasteiger partial charge in [0.2, 0.25) is 0 Å². The molecule has 0 spiro atoms. The SMILES string of the molecule is Cc1cc(C)c(C(N)c2cc3sccc3s2)cc1C. The largest absolute Gasteiger partial charge is 0.320 e. The molecular weight excluding hydrogens is 270 g/mol. The van der Waals surface area contributed by atoms with Crippen LogP contribution in [0.2, 0.25) is 0 Å². The van der Waals surface area contributed by atoms with E-state index >= 15 is 0 Å². The molecule has 1 atom stereocenters. The van der Waals surface area contributed by atoms with Crippen molar-refractivity contribution in [2.75, 3.05) is 0 Å². The van der Waals surface area contributed by atoms with Crippen LogP contribution in [0.3, 0.4) is 0 Å². The molecule has 19 heavy (non-hydrogen) atoms. The Labute approximate surface area is 121 Å². The molecule has 1 aromatic carbocycles. The van der Waals surface area contributed by atoms with Gasteiger partial charge >= 0.3 is 0 Å². The van der Waals surface area contributed by atoms with Gasteiger partial charge in [-0.15, -0.1) is 22.7 Å². The third kappa shape index (κ3) is 2.22. The molecule has 0 radical (unpaired) electrons. The predicted molar refractivity (Wildman–Crippen MR) is 86.4 cm³/mol. The Bertz CT molecular complexity index is 708. The first-order valence-electron chi connectivity index (χ1n) is 6.36. The van der Waals surface area contributed by atoms with Crippen molar-refractivity contribution in [1.82, 2.24) is 0 Å². The van der Waals surface area contributed by atoms with E-state index in [4.69, 9.17) is 5.73 Å². The minimum Gasteiger partial charge on any atom is -0.320 e. The maximum atomic E-state index is 6.47. The fourth-order valence-corrected chi connectivity index (χ4v) is 4.55. The van der Waals surface area contributed by atoms with E-state index in [-0.39, 0.29) is 6.04 Å². The summed E-state index contributed by atoms with van der Waals surface area (Å²) >= 11 is 3.60.